The number of amides is 2. The lowest BCUT2D eigenvalue weighted by Gasteiger charge is -2.32. The highest BCUT2D eigenvalue weighted by Gasteiger charge is 2.56. The molecule has 3 rings (SSSR count). The van der Waals surface area contributed by atoms with E-state index >= 15 is 0 Å². The molecule has 180 valence electrons. The molecule has 0 radical (unpaired) electrons. The maximum absolute atomic E-state index is 13.6. The van der Waals surface area contributed by atoms with Gasteiger partial charge in [-0.25, -0.2) is 0 Å². The van der Waals surface area contributed by atoms with Crippen molar-refractivity contribution in [2.45, 2.75) is 52.1 Å². The second-order valence-corrected chi connectivity index (χ2v) is 8.94. The molecule has 1 saturated heterocycles. The summed E-state index contributed by atoms with van der Waals surface area (Å²) in [6.45, 7) is 4.93. The van der Waals surface area contributed by atoms with E-state index in [9.17, 15) is 14.4 Å². The van der Waals surface area contributed by atoms with Crippen LogP contribution < -0.4 is 5.32 Å². The number of likely N-dealkylation sites (tertiary alicyclic amines) is 1. The van der Waals surface area contributed by atoms with Gasteiger partial charge in [0.2, 0.25) is 11.8 Å². The first-order chi connectivity index (χ1) is 16.0. The van der Waals surface area contributed by atoms with Gasteiger partial charge in [-0.3, -0.25) is 14.4 Å². The van der Waals surface area contributed by atoms with Crippen LogP contribution in [0.2, 0.25) is 0 Å². The number of nitrogens with zero attached hydrogens (tertiary/aromatic N) is 1. The Morgan fingerprint density at radius 1 is 1.09 bits per heavy atom. The SMILES string of the molecule is CCOC(=O)[C@H]1[C@H]2C(=O)N(CCCCCCO)[C@H](C(=O)NCc3ccccc3)[C@H]2C=C[C@H]1C. The quantitative estimate of drug-likeness (QED) is 0.303. The van der Waals surface area contributed by atoms with Crippen LogP contribution in [0.15, 0.2) is 42.5 Å². The highest BCUT2D eigenvalue weighted by Crippen LogP contribution is 2.44. The van der Waals surface area contributed by atoms with Gasteiger partial charge < -0.3 is 20.1 Å². The lowest BCUT2D eigenvalue weighted by Crippen LogP contribution is -2.47. The monoisotopic (exact) mass is 456 g/mol. The third-order valence-corrected chi connectivity index (χ3v) is 6.72. The molecule has 7 heteroatoms. The Balaban J connectivity index is 1.81. The summed E-state index contributed by atoms with van der Waals surface area (Å²) in [5.41, 5.74) is 0.986. The van der Waals surface area contributed by atoms with Crippen molar-refractivity contribution in [3.63, 3.8) is 0 Å². The summed E-state index contributed by atoms with van der Waals surface area (Å²) >= 11 is 0. The predicted octanol–water partition coefficient (Wildman–Crippen LogP) is 2.68. The molecule has 5 atom stereocenters. The molecular weight excluding hydrogens is 420 g/mol. The lowest BCUT2D eigenvalue weighted by atomic mass is 9.70. The number of carbonyl (C=O) groups is 3. The number of esters is 1. The number of aliphatic hydroxyl groups is 1. The summed E-state index contributed by atoms with van der Waals surface area (Å²) in [4.78, 5) is 41.4. The number of aliphatic hydroxyl groups excluding tert-OH is 1. The van der Waals surface area contributed by atoms with Gasteiger partial charge in [-0.1, -0.05) is 62.2 Å². The van der Waals surface area contributed by atoms with Crippen LogP contribution in [-0.2, 0) is 25.7 Å². The number of ether oxygens (including phenoxy) is 1. The fourth-order valence-electron chi connectivity index (χ4n) is 5.07. The molecule has 0 unspecified atom stereocenters. The van der Waals surface area contributed by atoms with E-state index in [0.29, 0.717) is 13.1 Å². The molecule has 0 aromatic heterocycles. The number of allylic oxidation sites excluding steroid dienone is 1. The molecule has 7 nitrogen and oxygen atoms in total. The van der Waals surface area contributed by atoms with E-state index in [2.05, 4.69) is 5.32 Å². The number of carbonyl (C=O) groups excluding carboxylic acids is 3. The minimum atomic E-state index is -0.648. The zero-order valence-electron chi connectivity index (χ0n) is 19.6. The summed E-state index contributed by atoms with van der Waals surface area (Å²) in [5, 5.41) is 12.0. The molecule has 1 aliphatic heterocycles. The van der Waals surface area contributed by atoms with Crippen LogP contribution >= 0.6 is 0 Å². The number of hydrogen-bond acceptors (Lipinski definition) is 5. The first kappa shape index (κ1) is 25.0. The molecular formula is C26H36N2O5. The largest absolute Gasteiger partial charge is 0.466 e. The average molecular weight is 457 g/mol. The van der Waals surface area contributed by atoms with Crippen LogP contribution in [0, 0.1) is 23.7 Å². The molecule has 0 saturated carbocycles. The Bertz CT molecular complexity index is 840. The van der Waals surface area contributed by atoms with Crippen LogP contribution in [-0.4, -0.2) is 53.6 Å². The molecule has 2 N–H and O–H groups in total. The Morgan fingerprint density at radius 3 is 2.52 bits per heavy atom. The number of hydrogen-bond donors (Lipinski definition) is 2. The Hall–Kier alpha value is -2.67. The van der Waals surface area contributed by atoms with Crippen molar-refractivity contribution in [3.8, 4) is 0 Å². The fraction of sp³-hybridized carbons (Fsp3) is 0.577. The van der Waals surface area contributed by atoms with E-state index < -0.39 is 17.9 Å². The number of unbranched alkanes of at least 4 members (excludes halogenated alkanes) is 3. The van der Waals surface area contributed by atoms with Crippen LogP contribution in [0.5, 0.6) is 0 Å². The van der Waals surface area contributed by atoms with E-state index in [1.807, 2.05) is 49.4 Å². The first-order valence-corrected chi connectivity index (χ1v) is 12.1. The van der Waals surface area contributed by atoms with Gasteiger partial charge >= 0.3 is 5.97 Å². The predicted molar refractivity (Wildman–Crippen MR) is 125 cm³/mol. The minimum absolute atomic E-state index is 0.133. The van der Waals surface area contributed by atoms with E-state index in [-0.39, 0.29) is 42.8 Å². The number of benzene rings is 1. The summed E-state index contributed by atoms with van der Waals surface area (Å²) in [6.07, 6.45) is 7.10. The smallest absolute Gasteiger partial charge is 0.310 e. The second-order valence-electron chi connectivity index (χ2n) is 8.94. The van der Waals surface area contributed by atoms with E-state index in [1.54, 1.807) is 11.8 Å². The van der Waals surface area contributed by atoms with E-state index in [4.69, 9.17) is 9.84 Å². The summed E-state index contributed by atoms with van der Waals surface area (Å²) in [5.74, 6) is -2.38. The topological polar surface area (TPSA) is 95.9 Å². The molecule has 0 spiro atoms. The molecule has 1 aromatic carbocycles. The second kappa shape index (κ2) is 12.0. The summed E-state index contributed by atoms with van der Waals surface area (Å²) < 4.78 is 5.30. The van der Waals surface area contributed by atoms with Gasteiger partial charge in [-0.15, -0.1) is 0 Å². The van der Waals surface area contributed by atoms with Gasteiger partial charge in [0.15, 0.2) is 0 Å². The van der Waals surface area contributed by atoms with Gasteiger partial charge in [0.1, 0.15) is 6.04 Å². The molecule has 1 fully saturated rings. The van der Waals surface area contributed by atoms with Crippen molar-refractivity contribution in [1.29, 1.82) is 0 Å². The van der Waals surface area contributed by atoms with Crippen LogP contribution in [0.3, 0.4) is 0 Å². The van der Waals surface area contributed by atoms with Gasteiger partial charge in [0.25, 0.3) is 0 Å². The van der Waals surface area contributed by atoms with Crippen molar-refractivity contribution in [2.24, 2.45) is 23.7 Å². The maximum Gasteiger partial charge on any atom is 0.310 e. The lowest BCUT2D eigenvalue weighted by molar-refractivity contribution is -0.155. The zero-order chi connectivity index (χ0) is 23.8. The van der Waals surface area contributed by atoms with Crippen molar-refractivity contribution in [3.05, 3.63) is 48.0 Å². The van der Waals surface area contributed by atoms with Crippen LogP contribution in [0.4, 0.5) is 0 Å². The Morgan fingerprint density at radius 2 is 1.82 bits per heavy atom. The van der Waals surface area contributed by atoms with Crippen molar-refractivity contribution in [1.82, 2.24) is 10.2 Å². The van der Waals surface area contributed by atoms with Crippen molar-refractivity contribution >= 4 is 17.8 Å². The summed E-state index contributed by atoms with van der Waals surface area (Å²) in [6, 6.07) is 9.01. The molecule has 1 heterocycles. The van der Waals surface area contributed by atoms with Gasteiger partial charge in [0.05, 0.1) is 18.4 Å². The van der Waals surface area contributed by atoms with Gasteiger partial charge in [-0.05, 0) is 31.2 Å². The fourth-order valence-corrected chi connectivity index (χ4v) is 5.07. The summed E-state index contributed by atoms with van der Waals surface area (Å²) in [7, 11) is 0. The standard InChI is InChI=1S/C26H36N2O5/c1-3-33-26(32)21-18(2)13-14-20-22(21)25(31)28(15-9-4-5-10-16-29)23(20)24(30)27-17-19-11-7-6-8-12-19/h6-8,11-14,18,20-23,29H,3-5,9-10,15-17H2,1-2H3,(H,27,30)/t18-,20+,21-,22+,23+/m1/s1. The highest BCUT2D eigenvalue weighted by atomic mass is 16.5. The molecule has 33 heavy (non-hydrogen) atoms. The number of nitrogens with one attached hydrogen (secondary N) is 1. The number of fused-ring (bicyclic) bond motifs is 1. The van der Waals surface area contributed by atoms with Crippen molar-refractivity contribution < 1.29 is 24.2 Å². The third kappa shape index (κ3) is 5.82. The molecule has 2 aliphatic rings. The molecule has 0 bridgehead atoms. The third-order valence-electron chi connectivity index (χ3n) is 6.72. The molecule has 1 aromatic rings. The first-order valence-electron chi connectivity index (χ1n) is 12.1. The van der Waals surface area contributed by atoms with Gasteiger partial charge in [-0.2, -0.15) is 0 Å². The van der Waals surface area contributed by atoms with Crippen LogP contribution in [0.25, 0.3) is 0 Å². The molecule has 2 amide bonds. The van der Waals surface area contributed by atoms with Crippen molar-refractivity contribution in [2.75, 3.05) is 19.8 Å². The van der Waals surface area contributed by atoms with E-state index in [1.165, 1.54) is 0 Å². The average Bonchev–Trinajstić information content (AvgIpc) is 3.09. The maximum atomic E-state index is 13.6. The molecule has 1 aliphatic carbocycles. The highest BCUT2D eigenvalue weighted by molar-refractivity contribution is 5.96. The normalized spacial score (nSPS) is 26.2. The Kier molecular flexibility index (Phi) is 9.06. The number of rotatable bonds is 11. The van der Waals surface area contributed by atoms with E-state index in [0.717, 1.165) is 31.2 Å². The van der Waals surface area contributed by atoms with Gasteiger partial charge in [0, 0.05) is 25.6 Å². The zero-order valence-corrected chi connectivity index (χ0v) is 19.6. The van der Waals surface area contributed by atoms with Crippen LogP contribution in [0.1, 0.15) is 45.1 Å². The minimum Gasteiger partial charge on any atom is -0.466 e. The Labute approximate surface area is 196 Å².